The number of rotatable bonds is 5. The summed E-state index contributed by atoms with van der Waals surface area (Å²) in [5, 5.41) is 10.7. The summed E-state index contributed by atoms with van der Waals surface area (Å²) >= 11 is 3.83. The summed E-state index contributed by atoms with van der Waals surface area (Å²) in [6.07, 6.45) is -4.82. The minimum atomic E-state index is -4.82. The molecule has 10 heteroatoms. The van der Waals surface area contributed by atoms with Crippen molar-refractivity contribution in [1.82, 2.24) is 10.8 Å². The fourth-order valence-electron chi connectivity index (χ4n) is 1.32. The van der Waals surface area contributed by atoms with E-state index in [0.717, 1.165) is 24.3 Å². The largest absolute Gasteiger partial charge is 0.573 e. The Morgan fingerprint density at radius 1 is 1.29 bits per heavy atom. The topological polar surface area (TPSA) is 87.7 Å². The number of carbonyl (C=O) groups is 2. The maximum atomic E-state index is 12.0. The Bertz CT molecular complexity index is 507. The number of alkyl halides is 3. The average molecular weight is 324 g/mol. The van der Waals surface area contributed by atoms with Gasteiger partial charge in [0.2, 0.25) is 0 Å². The van der Waals surface area contributed by atoms with Crippen LogP contribution < -0.4 is 15.5 Å². The summed E-state index contributed by atoms with van der Waals surface area (Å²) in [6, 6.07) is 3.04. The van der Waals surface area contributed by atoms with Gasteiger partial charge in [-0.1, -0.05) is 0 Å². The van der Waals surface area contributed by atoms with Crippen LogP contribution in [0.3, 0.4) is 0 Å². The third kappa shape index (κ3) is 5.52. The lowest BCUT2D eigenvalue weighted by Crippen LogP contribution is -2.47. The molecule has 0 bridgehead atoms. The van der Waals surface area contributed by atoms with Crippen molar-refractivity contribution in [3.63, 3.8) is 0 Å². The van der Waals surface area contributed by atoms with Crippen molar-refractivity contribution < 1.29 is 32.7 Å². The Labute approximate surface area is 122 Å². The summed E-state index contributed by atoms with van der Waals surface area (Å²) in [5.74, 6) is -2.13. The van der Waals surface area contributed by atoms with Crippen LogP contribution in [0.15, 0.2) is 24.3 Å². The van der Waals surface area contributed by atoms with E-state index in [4.69, 9.17) is 5.21 Å². The highest BCUT2D eigenvalue weighted by Crippen LogP contribution is 2.22. The Hall–Kier alpha value is -1.94. The van der Waals surface area contributed by atoms with Crippen LogP contribution in [0.2, 0.25) is 0 Å². The van der Waals surface area contributed by atoms with Crippen LogP contribution in [0.25, 0.3) is 0 Å². The van der Waals surface area contributed by atoms with E-state index in [1.54, 1.807) is 0 Å². The Kier molecular flexibility index (Phi) is 5.85. The zero-order valence-corrected chi connectivity index (χ0v) is 11.2. The molecule has 1 aromatic carbocycles. The van der Waals surface area contributed by atoms with E-state index in [1.165, 1.54) is 5.48 Å². The highest BCUT2D eigenvalue weighted by Gasteiger charge is 2.31. The van der Waals surface area contributed by atoms with Crippen LogP contribution in [-0.2, 0) is 4.79 Å². The second-order valence-corrected chi connectivity index (χ2v) is 4.12. The van der Waals surface area contributed by atoms with Crippen molar-refractivity contribution in [2.24, 2.45) is 0 Å². The molecule has 6 nitrogen and oxygen atoms in total. The molecule has 116 valence electrons. The summed E-state index contributed by atoms with van der Waals surface area (Å²) < 4.78 is 39.6. The van der Waals surface area contributed by atoms with Crippen LogP contribution in [0.4, 0.5) is 13.2 Å². The quantitative estimate of drug-likeness (QED) is 0.371. The van der Waals surface area contributed by atoms with Gasteiger partial charge in [-0.3, -0.25) is 14.8 Å². The van der Waals surface area contributed by atoms with Crippen molar-refractivity contribution in [3.05, 3.63) is 29.8 Å². The molecular weight excluding hydrogens is 313 g/mol. The minimum absolute atomic E-state index is 0.0158. The SMILES string of the molecule is O=C(N[C@@H](CS)C(=O)NO)c1ccc(OC(F)(F)F)cc1. The third-order valence-electron chi connectivity index (χ3n) is 2.26. The number of hydroxylamine groups is 1. The molecule has 0 saturated heterocycles. The van der Waals surface area contributed by atoms with Crippen molar-refractivity contribution in [1.29, 1.82) is 0 Å². The molecule has 1 aromatic rings. The molecule has 0 saturated carbocycles. The second kappa shape index (κ2) is 7.18. The molecule has 0 aromatic heterocycles. The van der Waals surface area contributed by atoms with E-state index in [2.05, 4.69) is 22.7 Å². The molecular formula is C11H11F3N2O4S. The van der Waals surface area contributed by atoms with Crippen molar-refractivity contribution in [2.45, 2.75) is 12.4 Å². The Balaban J connectivity index is 2.73. The smallest absolute Gasteiger partial charge is 0.406 e. The van der Waals surface area contributed by atoms with Crippen molar-refractivity contribution >= 4 is 24.4 Å². The number of nitrogens with one attached hydrogen (secondary N) is 2. The second-order valence-electron chi connectivity index (χ2n) is 3.76. The van der Waals surface area contributed by atoms with Crippen LogP contribution >= 0.6 is 12.6 Å². The fraction of sp³-hybridized carbons (Fsp3) is 0.273. The standard InChI is InChI=1S/C11H11F3N2O4S/c12-11(13,14)20-7-3-1-6(2-4-7)9(17)15-8(5-21)10(18)16-19/h1-4,8,19,21H,5H2,(H,15,17)(H,16,18)/t8-/m0/s1. The number of hydrogen-bond donors (Lipinski definition) is 4. The van der Waals surface area contributed by atoms with Gasteiger partial charge in [-0.25, -0.2) is 5.48 Å². The molecule has 0 heterocycles. The summed E-state index contributed by atoms with van der Waals surface area (Å²) in [6.45, 7) is 0. The summed E-state index contributed by atoms with van der Waals surface area (Å²) in [4.78, 5) is 22.9. The van der Waals surface area contributed by atoms with Gasteiger partial charge in [0, 0.05) is 11.3 Å². The number of halogens is 3. The lowest BCUT2D eigenvalue weighted by Gasteiger charge is -2.14. The molecule has 0 aliphatic heterocycles. The first-order valence-electron chi connectivity index (χ1n) is 5.48. The highest BCUT2D eigenvalue weighted by atomic mass is 32.1. The Morgan fingerprint density at radius 2 is 1.86 bits per heavy atom. The lowest BCUT2D eigenvalue weighted by molar-refractivity contribution is -0.274. The van der Waals surface area contributed by atoms with Crippen molar-refractivity contribution in [3.8, 4) is 5.75 Å². The normalized spacial score (nSPS) is 12.4. The van der Waals surface area contributed by atoms with Gasteiger partial charge in [0.1, 0.15) is 11.8 Å². The van der Waals surface area contributed by atoms with Crippen LogP contribution in [0.5, 0.6) is 5.75 Å². The van der Waals surface area contributed by atoms with Gasteiger partial charge in [-0.15, -0.1) is 13.2 Å². The third-order valence-corrected chi connectivity index (χ3v) is 2.63. The molecule has 1 atom stereocenters. The minimum Gasteiger partial charge on any atom is -0.406 e. The molecule has 0 aliphatic carbocycles. The number of ether oxygens (including phenoxy) is 1. The fourth-order valence-corrected chi connectivity index (χ4v) is 1.58. The molecule has 0 aliphatic rings. The Morgan fingerprint density at radius 3 is 2.29 bits per heavy atom. The molecule has 0 fully saturated rings. The number of amides is 2. The van der Waals surface area contributed by atoms with Gasteiger partial charge >= 0.3 is 6.36 Å². The monoisotopic (exact) mass is 324 g/mol. The van der Waals surface area contributed by atoms with E-state index in [1.807, 2.05) is 0 Å². The zero-order valence-electron chi connectivity index (χ0n) is 10.3. The molecule has 21 heavy (non-hydrogen) atoms. The van der Waals surface area contributed by atoms with Crippen LogP contribution in [0.1, 0.15) is 10.4 Å². The van der Waals surface area contributed by atoms with Gasteiger partial charge in [-0.05, 0) is 24.3 Å². The van der Waals surface area contributed by atoms with Gasteiger partial charge in [0.15, 0.2) is 0 Å². The predicted molar refractivity (Wildman–Crippen MR) is 68.2 cm³/mol. The first-order valence-corrected chi connectivity index (χ1v) is 6.11. The number of hydrogen-bond acceptors (Lipinski definition) is 5. The maximum Gasteiger partial charge on any atom is 0.573 e. The molecule has 0 spiro atoms. The average Bonchev–Trinajstić information content (AvgIpc) is 2.42. The highest BCUT2D eigenvalue weighted by molar-refractivity contribution is 7.80. The number of thiol groups is 1. The van der Waals surface area contributed by atoms with Crippen LogP contribution in [0, 0.1) is 0 Å². The van der Waals surface area contributed by atoms with Gasteiger partial charge in [0.05, 0.1) is 0 Å². The number of benzene rings is 1. The number of carbonyl (C=O) groups excluding carboxylic acids is 2. The molecule has 0 radical (unpaired) electrons. The van der Waals surface area contributed by atoms with Gasteiger partial charge in [-0.2, -0.15) is 12.6 Å². The molecule has 0 unspecified atom stereocenters. The first-order chi connectivity index (χ1) is 9.76. The summed E-state index contributed by atoms with van der Waals surface area (Å²) in [7, 11) is 0. The van der Waals surface area contributed by atoms with E-state index in [9.17, 15) is 22.8 Å². The molecule has 2 amide bonds. The van der Waals surface area contributed by atoms with E-state index in [0.29, 0.717) is 0 Å². The first kappa shape index (κ1) is 17.1. The predicted octanol–water partition coefficient (Wildman–Crippen LogP) is 1.12. The van der Waals surface area contributed by atoms with E-state index >= 15 is 0 Å². The van der Waals surface area contributed by atoms with E-state index < -0.39 is 30.0 Å². The van der Waals surface area contributed by atoms with Crippen LogP contribution in [-0.4, -0.2) is 35.2 Å². The van der Waals surface area contributed by atoms with Gasteiger partial charge < -0.3 is 10.1 Å². The summed E-state index contributed by atoms with van der Waals surface area (Å²) in [5.41, 5.74) is 1.38. The van der Waals surface area contributed by atoms with Gasteiger partial charge in [0.25, 0.3) is 11.8 Å². The lowest BCUT2D eigenvalue weighted by atomic mass is 10.2. The van der Waals surface area contributed by atoms with Crippen molar-refractivity contribution in [2.75, 3.05) is 5.75 Å². The molecule has 1 rings (SSSR count). The zero-order chi connectivity index (χ0) is 16.0. The maximum absolute atomic E-state index is 12.0. The molecule has 3 N–H and O–H groups in total. The van der Waals surface area contributed by atoms with E-state index in [-0.39, 0.29) is 11.3 Å².